The second-order valence-electron chi connectivity index (χ2n) is 4.28. The zero-order chi connectivity index (χ0) is 14.0. The number of nitrogens with one attached hydrogen (secondary N) is 1. The van der Waals surface area contributed by atoms with Gasteiger partial charge in [-0.05, 0) is 18.6 Å². The van der Waals surface area contributed by atoms with E-state index >= 15 is 0 Å². The Morgan fingerprint density at radius 1 is 1.42 bits per heavy atom. The first kappa shape index (κ1) is 13.2. The Labute approximate surface area is 110 Å². The Hall–Kier alpha value is -2.24. The van der Waals surface area contributed by atoms with Crippen molar-refractivity contribution in [3.63, 3.8) is 0 Å². The first-order valence-electron chi connectivity index (χ1n) is 5.74. The van der Waals surface area contributed by atoms with Crippen LogP contribution in [-0.4, -0.2) is 32.3 Å². The fraction of sp³-hybridized carbons (Fsp3) is 0.385. The van der Waals surface area contributed by atoms with Gasteiger partial charge in [-0.15, -0.1) is 6.58 Å². The number of amides is 1. The molecule has 6 heteroatoms. The van der Waals surface area contributed by atoms with Gasteiger partial charge < -0.3 is 19.5 Å². The van der Waals surface area contributed by atoms with Gasteiger partial charge in [0.2, 0.25) is 0 Å². The second kappa shape index (κ2) is 4.79. The summed E-state index contributed by atoms with van der Waals surface area (Å²) in [5, 5.41) is 2.60. The fourth-order valence-corrected chi connectivity index (χ4v) is 2.31. The molecular formula is C13H15NO5. The lowest BCUT2D eigenvalue weighted by atomic mass is 9.73. The summed E-state index contributed by atoms with van der Waals surface area (Å²) in [5.41, 5.74) is -1.04. The molecule has 0 bridgehead atoms. The number of esters is 1. The van der Waals surface area contributed by atoms with Crippen LogP contribution in [0.3, 0.4) is 0 Å². The van der Waals surface area contributed by atoms with Crippen LogP contribution in [0.25, 0.3) is 0 Å². The highest BCUT2D eigenvalue weighted by atomic mass is 16.6. The SMILES string of the molecule is C=CCC12C=C(OC)C(OC)=CC1NC(=O)OC2=O. The van der Waals surface area contributed by atoms with E-state index < -0.39 is 23.5 Å². The molecule has 2 rings (SSSR count). The van der Waals surface area contributed by atoms with Gasteiger partial charge in [0.15, 0.2) is 11.5 Å². The number of ether oxygens (including phenoxy) is 3. The van der Waals surface area contributed by atoms with E-state index in [1.807, 2.05) is 0 Å². The van der Waals surface area contributed by atoms with Gasteiger partial charge >= 0.3 is 12.1 Å². The number of alkyl carbamates (subject to hydrolysis) is 1. The molecule has 2 atom stereocenters. The van der Waals surface area contributed by atoms with Crippen molar-refractivity contribution in [1.29, 1.82) is 0 Å². The zero-order valence-corrected chi connectivity index (χ0v) is 10.8. The lowest BCUT2D eigenvalue weighted by molar-refractivity contribution is -0.150. The maximum Gasteiger partial charge on any atom is 0.415 e. The quantitative estimate of drug-likeness (QED) is 0.470. The Morgan fingerprint density at radius 2 is 2.11 bits per heavy atom. The highest BCUT2D eigenvalue weighted by Gasteiger charge is 2.52. The summed E-state index contributed by atoms with van der Waals surface area (Å²) in [7, 11) is 2.97. The van der Waals surface area contributed by atoms with Gasteiger partial charge in [-0.3, -0.25) is 4.79 Å². The van der Waals surface area contributed by atoms with Crippen LogP contribution in [0.15, 0.2) is 36.3 Å². The number of methoxy groups -OCH3 is 2. The van der Waals surface area contributed by atoms with Crippen molar-refractivity contribution in [2.75, 3.05) is 14.2 Å². The molecular weight excluding hydrogens is 250 g/mol. The standard InChI is InChI=1S/C13H15NO5/c1-4-5-13-7-9(18-3)8(17-2)6-10(13)14-12(16)19-11(13)15/h4,6-7,10H,1,5H2,2-3H3,(H,14,16). The average Bonchev–Trinajstić information content (AvgIpc) is 2.39. The highest BCUT2D eigenvalue weighted by molar-refractivity contribution is 5.94. The number of allylic oxidation sites excluding steroid dienone is 1. The molecule has 0 radical (unpaired) electrons. The van der Waals surface area contributed by atoms with Crippen molar-refractivity contribution in [2.24, 2.45) is 5.41 Å². The van der Waals surface area contributed by atoms with Crippen LogP contribution in [-0.2, 0) is 19.0 Å². The van der Waals surface area contributed by atoms with Gasteiger partial charge in [0, 0.05) is 0 Å². The monoisotopic (exact) mass is 265 g/mol. The smallest absolute Gasteiger partial charge is 0.415 e. The van der Waals surface area contributed by atoms with Crippen LogP contribution >= 0.6 is 0 Å². The summed E-state index contributed by atoms with van der Waals surface area (Å²) >= 11 is 0. The molecule has 102 valence electrons. The molecule has 6 nitrogen and oxygen atoms in total. The average molecular weight is 265 g/mol. The number of carbonyl (C=O) groups excluding carboxylic acids is 2. The van der Waals surface area contributed by atoms with E-state index in [1.165, 1.54) is 14.2 Å². The molecule has 0 aromatic rings. The van der Waals surface area contributed by atoms with E-state index in [0.29, 0.717) is 17.9 Å². The lowest BCUT2D eigenvalue weighted by Gasteiger charge is -2.40. The number of cyclic esters (lactones) is 2. The van der Waals surface area contributed by atoms with Gasteiger partial charge in [-0.2, -0.15) is 0 Å². The highest BCUT2D eigenvalue weighted by Crippen LogP contribution is 2.40. The number of hydrogen-bond acceptors (Lipinski definition) is 5. The van der Waals surface area contributed by atoms with Crippen LogP contribution in [0.4, 0.5) is 4.79 Å². The van der Waals surface area contributed by atoms with Crippen molar-refractivity contribution in [2.45, 2.75) is 12.5 Å². The molecule has 2 unspecified atom stereocenters. The lowest BCUT2D eigenvalue weighted by Crippen LogP contribution is -2.58. The molecule has 1 amide bonds. The molecule has 19 heavy (non-hydrogen) atoms. The molecule has 0 saturated carbocycles. The maximum absolute atomic E-state index is 12.1. The van der Waals surface area contributed by atoms with Crippen LogP contribution in [0.5, 0.6) is 0 Å². The second-order valence-corrected chi connectivity index (χ2v) is 4.28. The van der Waals surface area contributed by atoms with Crippen LogP contribution in [0.2, 0.25) is 0 Å². The minimum atomic E-state index is -1.04. The van der Waals surface area contributed by atoms with Gasteiger partial charge in [-0.1, -0.05) is 6.08 Å². The number of hydrogen-bond donors (Lipinski definition) is 1. The molecule has 1 aliphatic heterocycles. The van der Waals surface area contributed by atoms with Crippen LogP contribution < -0.4 is 5.32 Å². The van der Waals surface area contributed by atoms with E-state index in [9.17, 15) is 9.59 Å². The van der Waals surface area contributed by atoms with Crippen LogP contribution in [0.1, 0.15) is 6.42 Å². The molecule has 1 N–H and O–H groups in total. The number of rotatable bonds is 4. The minimum Gasteiger partial charge on any atom is -0.493 e. The number of fused-ring (bicyclic) bond motifs is 1. The van der Waals surface area contributed by atoms with Gasteiger partial charge in [-0.25, -0.2) is 4.79 Å². The van der Waals surface area contributed by atoms with Crippen molar-refractivity contribution < 1.29 is 23.8 Å². The predicted molar refractivity (Wildman–Crippen MR) is 65.8 cm³/mol. The Bertz CT molecular complexity index is 493. The van der Waals surface area contributed by atoms with E-state index in [-0.39, 0.29) is 0 Å². The van der Waals surface area contributed by atoms with Crippen molar-refractivity contribution >= 4 is 12.1 Å². The number of carbonyl (C=O) groups is 2. The van der Waals surface area contributed by atoms with E-state index in [2.05, 4.69) is 16.6 Å². The fourth-order valence-electron chi connectivity index (χ4n) is 2.31. The largest absolute Gasteiger partial charge is 0.493 e. The third-order valence-electron chi connectivity index (χ3n) is 3.27. The van der Waals surface area contributed by atoms with E-state index in [0.717, 1.165) is 0 Å². The molecule has 1 heterocycles. The first-order chi connectivity index (χ1) is 9.07. The van der Waals surface area contributed by atoms with Gasteiger partial charge in [0.05, 0.1) is 20.3 Å². The summed E-state index contributed by atoms with van der Waals surface area (Å²) < 4.78 is 15.0. The minimum absolute atomic E-state index is 0.317. The van der Waals surface area contributed by atoms with Crippen molar-refractivity contribution in [3.05, 3.63) is 36.3 Å². The Morgan fingerprint density at radius 3 is 2.68 bits per heavy atom. The zero-order valence-electron chi connectivity index (χ0n) is 10.8. The predicted octanol–water partition coefficient (Wildman–Crippen LogP) is 1.26. The van der Waals surface area contributed by atoms with Crippen LogP contribution in [0, 0.1) is 5.41 Å². The molecule has 1 aliphatic carbocycles. The van der Waals surface area contributed by atoms with Gasteiger partial charge in [0.1, 0.15) is 5.41 Å². The third kappa shape index (κ3) is 1.99. The molecule has 0 aromatic carbocycles. The molecule has 0 spiro atoms. The maximum atomic E-state index is 12.1. The normalized spacial score (nSPS) is 29.3. The topological polar surface area (TPSA) is 73.9 Å². The molecule has 1 saturated heterocycles. The summed E-state index contributed by atoms with van der Waals surface area (Å²) in [6, 6.07) is -0.548. The molecule has 0 aromatic heterocycles. The van der Waals surface area contributed by atoms with E-state index in [1.54, 1.807) is 18.2 Å². The Kier molecular flexibility index (Phi) is 3.33. The summed E-state index contributed by atoms with van der Waals surface area (Å²) in [6.07, 6.45) is 4.40. The molecule has 1 fully saturated rings. The third-order valence-corrected chi connectivity index (χ3v) is 3.27. The van der Waals surface area contributed by atoms with Crippen molar-refractivity contribution in [1.82, 2.24) is 5.32 Å². The molecule has 2 aliphatic rings. The van der Waals surface area contributed by atoms with E-state index in [4.69, 9.17) is 9.47 Å². The summed E-state index contributed by atoms with van der Waals surface area (Å²) in [6.45, 7) is 3.64. The first-order valence-corrected chi connectivity index (χ1v) is 5.74. The summed E-state index contributed by atoms with van der Waals surface area (Å²) in [5.74, 6) is 0.262. The summed E-state index contributed by atoms with van der Waals surface area (Å²) in [4.78, 5) is 23.4. The Balaban J connectivity index is 2.51. The van der Waals surface area contributed by atoms with Crippen molar-refractivity contribution in [3.8, 4) is 0 Å². The van der Waals surface area contributed by atoms with Gasteiger partial charge in [0.25, 0.3) is 0 Å².